The van der Waals surface area contributed by atoms with Gasteiger partial charge in [0, 0.05) is 6.26 Å². The normalized spacial score (nSPS) is 10.2. The summed E-state index contributed by atoms with van der Waals surface area (Å²) in [4.78, 5) is 10.6. The third kappa shape index (κ3) is 6.87. The molecule has 0 aromatic carbocycles. The number of amides is 1. The quantitative estimate of drug-likeness (QED) is 0.547. The third-order valence-corrected chi connectivity index (χ3v) is 1.57. The van der Waals surface area contributed by atoms with Crippen LogP contribution in [-0.2, 0) is 14.6 Å². The van der Waals surface area contributed by atoms with Gasteiger partial charge in [0.1, 0.15) is 5.75 Å². The largest absolute Gasteiger partial charge is 0.344 e. The van der Waals surface area contributed by atoms with Gasteiger partial charge in [-0.1, -0.05) is 5.92 Å². The average molecular weight is 175 g/mol. The van der Waals surface area contributed by atoms with Crippen molar-refractivity contribution in [2.24, 2.45) is 0 Å². The molecule has 0 aromatic rings. The lowest BCUT2D eigenvalue weighted by Crippen LogP contribution is -2.29. The van der Waals surface area contributed by atoms with Gasteiger partial charge >= 0.3 is 0 Å². The fourth-order valence-electron chi connectivity index (χ4n) is 0.439. The molecule has 1 N–H and O–H groups in total. The summed E-state index contributed by atoms with van der Waals surface area (Å²) in [6, 6.07) is 0. The van der Waals surface area contributed by atoms with Crippen molar-refractivity contribution in [3.05, 3.63) is 0 Å². The monoisotopic (exact) mass is 175 g/mol. The van der Waals surface area contributed by atoms with Crippen molar-refractivity contribution in [3.63, 3.8) is 0 Å². The minimum absolute atomic E-state index is 0.0638. The molecule has 0 heterocycles. The molecule has 0 aromatic heterocycles. The number of nitrogens with one attached hydrogen (secondary N) is 1. The van der Waals surface area contributed by atoms with Crippen LogP contribution in [0.15, 0.2) is 0 Å². The fourth-order valence-corrected chi connectivity index (χ4v) is 1.02. The Bertz CT molecular complexity index is 273. The van der Waals surface area contributed by atoms with Gasteiger partial charge < -0.3 is 5.32 Å². The van der Waals surface area contributed by atoms with Gasteiger partial charge in [-0.05, 0) is 0 Å². The number of hydrogen-bond acceptors (Lipinski definition) is 3. The number of terminal acetylenes is 1. The van der Waals surface area contributed by atoms with E-state index in [9.17, 15) is 13.2 Å². The number of carbonyl (C=O) groups excluding carboxylic acids is 1. The Morgan fingerprint density at radius 2 is 2.18 bits per heavy atom. The van der Waals surface area contributed by atoms with Crippen molar-refractivity contribution < 1.29 is 13.2 Å². The number of carbonyl (C=O) groups is 1. The molecule has 0 radical (unpaired) electrons. The van der Waals surface area contributed by atoms with Crippen molar-refractivity contribution in [1.82, 2.24) is 5.32 Å². The Morgan fingerprint density at radius 1 is 1.64 bits per heavy atom. The maximum atomic E-state index is 10.6. The standard InChI is InChI=1S/C6H9NO3S/c1-3-4-7-6(8)5-11(2,9)10/h1H,4-5H2,2H3,(H,7,8). The number of rotatable bonds is 3. The first-order chi connectivity index (χ1) is 4.95. The number of hydrogen-bond donors (Lipinski definition) is 1. The van der Waals surface area contributed by atoms with Crippen LogP contribution in [0, 0.1) is 12.3 Å². The highest BCUT2D eigenvalue weighted by Crippen LogP contribution is 1.80. The summed E-state index contributed by atoms with van der Waals surface area (Å²) in [6.45, 7) is 0.0638. The molecule has 11 heavy (non-hydrogen) atoms. The molecule has 0 spiro atoms. The predicted octanol–water partition coefficient (Wildman–Crippen LogP) is -1.22. The van der Waals surface area contributed by atoms with Gasteiger partial charge in [-0.25, -0.2) is 8.42 Å². The summed E-state index contributed by atoms with van der Waals surface area (Å²) in [5.74, 6) is 1.09. The molecule has 0 aliphatic rings. The van der Waals surface area contributed by atoms with Gasteiger partial charge in [0.05, 0.1) is 6.54 Å². The van der Waals surface area contributed by atoms with Gasteiger partial charge in [-0.15, -0.1) is 6.42 Å². The van der Waals surface area contributed by atoms with E-state index in [-0.39, 0.29) is 6.54 Å². The highest BCUT2D eigenvalue weighted by molar-refractivity contribution is 7.91. The molecule has 0 saturated carbocycles. The van der Waals surface area contributed by atoms with Crippen LogP contribution in [0.3, 0.4) is 0 Å². The molecule has 0 rings (SSSR count). The second-order valence-corrected chi connectivity index (χ2v) is 4.19. The molecule has 4 nitrogen and oxygen atoms in total. The van der Waals surface area contributed by atoms with Crippen LogP contribution >= 0.6 is 0 Å². The maximum Gasteiger partial charge on any atom is 0.235 e. The van der Waals surface area contributed by atoms with E-state index in [2.05, 4.69) is 11.2 Å². The predicted molar refractivity (Wildman–Crippen MR) is 41.6 cm³/mol. The zero-order valence-corrected chi connectivity index (χ0v) is 6.94. The molecular formula is C6H9NO3S. The van der Waals surface area contributed by atoms with Gasteiger partial charge in [0.2, 0.25) is 5.91 Å². The van der Waals surface area contributed by atoms with E-state index in [4.69, 9.17) is 6.42 Å². The van der Waals surface area contributed by atoms with Gasteiger partial charge in [0.15, 0.2) is 9.84 Å². The van der Waals surface area contributed by atoms with Crippen LogP contribution in [0.1, 0.15) is 0 Å². The Morgan fingerprint density at radius 3 is 2.55 bits per heavy atom. The topological polar surface area (TPSA) is 63.2 Å². The molecule has 0 bridgehead atoms. The van der Waals surface area contributed by atoms with E-state index < -0.39 is 21.5 Å². The van der Waals surface area contributed by atoms with Crippen LogP contribution in [0.5, 0.6) is 0 Å². The summed E-state index contributed by atoms with van der Waals surface area (Å²) in [5, 5.41) is 2.23. The van der Waals surface area contributed by atoms with Crippen LogP contribution in [0.4, 0.5) is 0 Å². The lowest BCUT2D eigenvalue weighted by molar-refractivity contribution is -0.118. The van der Waals surface area contributed by atoms with Gasteiger partial charge in [-0.2, -0.15) is 0 Å². The van der Waals surface area contributed by atoms with E-state index in [0.717, 1.165) is 6.26 Å². The first kappa shape index (κ1) is 9.98. The minimum atomic E-state index is -3.23. The van der Waals surface area contributed by atoms with Gasteiger partial charge in [-0.3, -0.25) is 4.79 Å². The Kier molecular flexibility index (Phi) is 3.61. The molecule has 0 aliphatic heterocycles. The summed E-state index contributed by atoms with van der Waals surface area (Å²) < 4.78 is 21.0. The lowest BCUT2D eigenvalue weighted by atomic mass is 10.6. The first-order valence-electron chi connectivity index (χ1n) is 2.83. The average Bonchev–Trinajstić information content (AvgIpc) is 1.79. The van der Waals surface area contributed by atoms with Crippen molar-refractivity contribution in [2.75, 3.05) is 18.6 Å². The molecule has 0 aliphatic carbocycles. The SMILES string of the molecule is C#CCNC(=O)CS(C)(=O)=O. The molecule has 0 fully saturated rings. The second-order valence-electron chi connectivity index (χ2n) is 2.05. The van der Waals surface area contributed by atoms with Crippen LogP contribution in [-0.4, -0.2) is 32.9 Å². The van der Waals surface area contributed by atoms with Crippen molar-refractivity contribution in [2.45, 2.75) is 0 Å². The summed E-state index contributed by atoms with van der Waals surface area (Å²) in [7, 11) is -3.23. The lowest BCUT2D eigenvalue weighted by Gasteiger charge is -1.97. The molecule has 5 heteroatoms. The molecule has 62 valence electrons. The smallest absolute Gasteiger partial charge is 0.235 e. The van der Waals surface area contributed by atoms with E-state index in [1.165, 1.54) is 0 Å². The van der Waals surface area contributed by atoms with Crippen molar-refractivity contribution in [1.29, 1.82) is 0 Å². The zero-order valence-electron chi connectivity index (χ0n) is 6.12. The second kappa shape index (κ2) is 3.98. The van der Waals surface area contributed by atoms with Crippen molar-refractivity contribution >= 4 is 15.7 Å². The molecular weight excluding hydrogens is 166 g/mol. The van der Waals surface area contributed by atoms with Crippen LogP contribution < -0.4 is 5.32 Å². The maximum absolute atomic E-state index is 10.6. The Balaban J connectivity index is 3.83. The third-order valence-electron chi connectivity index (χ3n) is 0.781. The van der Waals surface area contributed by atoms with Crippen LogP contribution in [0.25, 0.3) is 0 Å². The van der Waals surface area contributed by atoms with E-state index in [1.807, 2.05) is 0 Å². The van der Waals surface area contributed by atoms with E-state index in [0.29, 0.717) is 0 Å². The number of sulfone groups is 1. The fraction of sp³-hybridized carbons (Fsp3) is 0.500. The van der Waals surface area contributed by atoms with Gasteiger partial charge in [0.25, 0.3) is 0 Å². The molecule has 0 atom stereocenters. The van der Waals surface area contributed by atoms with E-state index in [1.54, 1.807) is 0 Å². The van der Waals surface area contributed by atoms with Crippen molar-refractivity contribution in [3.8, 4) is 12.3 Å². The summed E-state index contributed by atoms with van der Waals surface area (Å²) >= 11 is 0. The highest BCUT2D eigenvalue weighted by Gasteiger charge is 2.08. The molecule has 1 amide bonds. The van der Waals surface area contributed by atoms with Crippen LogP contribution in [0.2, 0.25) is 0 Å². The van der Waals surface area contributed by atoms with E-state index >= 15 is 0 Å². The summed E-state index contributed by atoms with van der Waals surface area (Å²) in [6.07, 6.45) is 5.81. The Labute approximate surface area is 65.9 Å². The minimum Gasteiger partial charge on any atom is -0.344 e. The zero-order chi connectivity index (χ0) is 8.91. The summed E-state index contributed by atoms with van der Waals surface area (Å²) in [5.41, 5.74) is 0. The first-order valence-corrected chi connectivity index (χ1v) is 4.89. The highest BCUT2D eigenvalue weighted by atomic mass is 32.2. The molecule has 0 unspecified atom stereocenters. The Hall–Kier alpha value is -1.02. The molecule has 0 saturated heterocycles.